The lowest BCUT2D eigenvalue weighted by Gasteiger charge is -2.41. The van der Waals surface area contributed by atoms with E-state index >= 15 is 0 Å². The third-order valence-corrected chi connectivity index (χ3v) is 8.18. The van der Waals surface area contributed by atoms with E-state index in [-0.39, 0.29) is 31.3 Å². The molecule has 264 valence electrons. The number of carbonyl (C=O) groups excluding carboxylic acids is 4. The Morgan fingerprint density at radius 2 is 1.69 bits per heavy atom. The van der Waals surface area contributed by atoms with E-state index in [0.29, 0.717) is 33.6 Å². The van der Waals surface area contributed by atoms with Gasteiger partial charge in [0.05, 0.1) is 12.1 Å². The third-order valence-electron chi connectivity index (χ3n) is 8.18. The van der Waals surface area contributed by atoms with Gasteiger partial charge in [-0.3, -0.25) is 19.1 Å². The lowest BCUT2D eigenvalue weighted by molar-refractivity contribution is -0.147. The molecule has 51 heavy (non-hydrogen) atoms. The van der Waals surface area contributed by atoms with E-state index in [0.717, 1.165) is 5.56 Å². The molecule has 2 heterocycles. The first-order valence-electron chi connectivity index (χ1n) is 16.6. The molecule has 3 N–H and O–H groups in total. The molecular weight excluding hydrogens is 648 g/mol. The number of piperazine rings is 1. The number of carbonyl (C=O) groups is 4. The number of phenolic OH excluding ortho intramolecular Hbond substituents is 1. The summed E-state index contributed by atoms with van der Waals surface area (Å²) < 4.78 is 7.08. The number of hydrogen-bond acceptors (Lipinski definition) is 7. The van der Waals surface area contributed by atoms with Crippen molar-refractivity contribution in [3.05, 3.63) is 101 Å². The van der Waals surface area contributed by atoms with Crippen molar-refractivity contribution in [1.29, 1.82) is 0 Å². The Labute approximate surface area is 297 Å². The first-order valence-corrected chi connectivity index (χ1v) is 16.6. The minimum atomic E-state index is -1.13. The van der Waals surface area contributed by atoms with Crippen molar-refractivity contribution >= 4 is 29.5 Å². The van der Waals surface area contributed by atoms with Gasteiger partial charge in [-0.2, -0.15) is 5.10 Å². The van der Waals surface area contributed by atoms with Crippen molar-refractivity contribution in [3.8, 4) is 28.8 Å². The molecule has 12 nitrogen and oxygen atoms in total. The number of nitrogens with zero attached hydrogens (tertiary/aromatic N) is 4. The van der Waals surface area contributed by atoms with Crippen molar-refractivity contribution in [3.63, 3.8) is 0 Å². The van der Waals surface area contributed by atoms with Crippen LogP contribution < -0.4 is 10.6 Å². The molecule has 0 bridgehead atoms. The quantitative estimate of drug-likeness (QED) is 0.247. The molecule has 1 aliphatic rings. The summed E-state index contributed by atoms with van der Waals surface area (Å²) in [6.07, 6.45) is 1.01. The maximum absolute atomic E-state index is 14.2. The maximum Gasteiger partial charge on any atom is 0.408 e. The third kappa shape index (κ3) is 9.13. The van der Waals surface area contributed by atoms with E-state index in [9.17, 15) is 24.3 Å². The molecule has 1 saturated heterocycles. The molecule has 0 saturated carbocycles. The van der Waals surface area contributed by atoms with Gasteiger partial charge in [0.2, 0.25) is 11.8 Å². The Hall–Kier alpha value is -6.09. The van der Waals surface area contributed by atoms with Gasteiger partial charge in [-0.1, -0.05) is 53.8 Å². The van der Waals surface area contributed by atoms with Gasteiger partial charge in [0.25, 0.3) is 5.91 Å². The fraction of sp³-hybridized carbons (Fsp3) is 0.308. The van der Waals surface area contributed by atoms with Crippen LogP contribution in [-0.4, -0.2) is 79.8 Å². The first-order chi connectivity index (χ1) is 24.2. The number of hydrogen-bond donors (Lipinski definition) is 3. The highest BCUT2D eigenvalue weighted by atomic mass is 16.6. The van der Waals surface area contributed by atoms with Crippen LogP contribution in [0.5, 0.6) is 5.75 Å². The molecule has 5 rings (SSSR count). The zero-order valence-electron chi connectivity index (χ0n) is 29.6. The van der Waals surface area contributed by atoms with Crippen LogP contribution in [0.4, 0.5) is 10.5 Å². The van der Waals surface area contributed by atoms with Crippen LogP contribution in [-0.2, 0) is 26.2 Å². The number of amides is 4. The van der Waals surface area contributed by atoms with Gasteiger partial charge in [0.15, 0.2) is 0 Å². The van der Waals surface area contributed by atoms with E-state index < -0.39 is 35.6 Å². The van der Waals surface area contributed by atoms with Crippen LogP contribution >= 0.6 is 0 Å². The lowest BCUT2D eigenvalue weighted by atomic mass is 10.0. The molecule has 1 fully saturated rings. The topological polar surface area (TPSA) is 146 Å². The van der Waals surface area contributed by atoms with Crippen LogP contribution in [0.3, 0.4) is 0 Å². The highest BCUT2D eigenvalue weighted by molar-refractivity contribution is 5.99. The summed E-state index contributed by atoms with van der Waals surface area (Å²) in [6.45, 7) is 8.82. The maximum atomic E-state index is 14.2. The number of phenols is 1. The molecule has 0 spiro atoms. The van der Waals surface area contributed by atoms with E-state index in [4.69, 9.17) is 4.74 Å². The zero-order chi connectivity index (χ0) is 36.9. The average Bonchev–Trinajstić information content (AvgIpc) is 3.46. The Morgan fingerprint density at radius 1 is 0.980 bits per heavy atom. The zero-order valence-corrected chi connectivity index (χ0v) is 29.6. The Bertz CT molecular complexity index is 1990. The summed E-state index contributed by atoms with van der Waals surface area (Å²) in [5.74, 6) is 5.16. The molecule has 2 atom stereocenters. The highest BCUT2D eigenvalue weighted by Crippen LogP contribution is 2.31. The molecule has 12 heteroatoms. The summed E-state index contributed by atoms with van der Waals surface area (Å²) in [7, 11) is 1.79. The largest absolute Gasteiger partial charge is 0.507 e. The van der Waals surface area contributed by atoms with Crippen molar-refractivity contribution in [2.24, 2.45) is 7.05 Å². The van der Waals surface area contributed by atoms with Crippen LogP contribution in [0.25, 0.3) is 11.3 Å². The summed E-state index contributed by atoms with van der Waals surface area (Å²) in [4.78, 5) is 56.1. The van der Waals surface area contributed by atoms with Crippen LogP contribution in [0, 0.1) is 18.8 Å². The minimum absolute atomic E-state index is 0.0195. The lowest BCUT2D eigenvalue weighted by Crippen LogP contribution is -2.62. The second-order valence-electron chi connectivity index (χ2n) is 13.4. The normalized spacial score (nSPS) is 14.9. The van der Waals surface area contributed by atoms with Crippen molar-refractivity contribution in [2.45, 2.75) is 52.3 Å². The summed E-state index contributed by atoms with van der Waals surface area (Å²) in [6, 6.07) is 18.8. The number of aromatic hydroxyl groups is 1. The fourth-order valence-corrected chi connectivity index (χ4v) is 5.70. The molecule has 0 radical (unpaired) electrons. The molecule has 3 aromatic carbocycles. The molecule has 4 amide bonds. The van der Waals surface area contributed by atoms with E-state index in [1.165, 1.54) is 16.7 Å². The predicted octanol–water partition coefficient (Wildman–Crippen LogP) is 4.76. The van der Waals surface area contributed by atoms with Gasteiger partial charge < -0.3 is 30.3 Å². The summed E-state index contributed by atoms with van der Waals surface area (Å²) in [5.41, 5.74) is 3.65. The minimum Gasteiger partial charge on any atom is -0.507 e. The van der Waals surface area contributed by atoms with Crippen molar-refractivity contribution in [1.82, 2.24) is 24.9 Å². The molecule has 0 aliphatic carbocycles. The highest BCUT2D eigenvalue weighted by Gasteiger charge is 2.40. The molecular formula is C39H42N6O6. The number of aryl methyl sites for hydroxylation is 2. The van der Waals surface area contributed by atoms with Gasteiger partial charge in [-0.15, -0.1) is 0 Å². The van der Waals surface area contributed by atoms with Crippen LogP contribution in [0.1, 0.15) is 56.0 Å². The number of anilines is 1. The van der Waals surface area contributed by atoms with E-state index in [1.54, 1.807) is 99.4 Å². The number of aromatic nitrogens is 2. The Morgan fingerprint density at radius 3 is 2.35 bits per heavy atom. The Kier molecular flexibility index (Phi) is 10.8. The van der Waals surface area contributed by atoms with Gasteiger partial charge >= 0.3 is 6.09 Å². The average molecular weight is 691 g/mol. The number of ether oxygens (including phenoxy) is 1. The summed E-state index contributed by atoms with van der Waals surface area (Å²) in [5, 5.41) is 20.5. The molecule has 4 aromatic rings. The van der Waals surface area contributed by atoms with E-state index in [1.807, 2.05) is 19.1 Å². The first kappa shape index (κ1) is 36.2. The van der Waals surface area contributed by atoms with Gasteiger partial charge in [0.1, 0.15) is 29.1 Å². The molecule has 1 aromatic heterocycles. The van der Waals surface area contributed by atoms with Crippen molar-refractivity contribution in [2.75, 3.05) is 25.0 Å². The monoisotopic (exact) mass is 690 g/mol. The second kappa shape index (κ2) is 15.2. The number of rotatable bonds is 6. The number of alkyl carbamates (subject to hydrolysis) is 1. The Balaban J connectivity index is 1.35. The van der Waals surface area contributed by atoms with Gasteiger partial charge in [-0.05, 0) is 69.7 Å². The number of nitrogens with one attached hydrogen (secondary N) is 2. The van der Waals surface area contributed by atoms with Crippen LogP contribution in [0.2, 0.25) is 0 Å². The molecule has 0 unspecified atom stereocenters. The number of benzene rings is 3. The van der Waals surface area contributed by atoms with E-state index in [2.05, 4.69) is 27.6 Å². The van der Waals surface area contributed by atoms with Crippen molar-refractivity contribution < 1.29 is 29.0 Å². The standard InChI is InChI=1S/C39H42N6O6/c1-25-12-19-33(47)31(22-25)34-29(23-43(6)42-34)16-13-27-14-17-30(18-15-27)40-36(48)32-24-44(26(2)46)20-21-45(32)37(49)35(28-10-8-7-9-11-28)41-38(50)51-39(3,4)5/h7-12,14-15,17-19,22-23,32,35,47H,20-21,24H2,1-6H3,(H,40,48)(H,41,50)/t32-,35+/m0/s1. The SMILES string of the molecule is CC(=O)N1CCN(C(=O)[C@H](NC(=O)OC(C)(C)C)c2ccccc2)[C@H](C(=O)Nc2ccc(C#Cc3cn(C)nc3-c3cc(C)ccc3O)cc2)C1. The predicted molar refractivity (Wildman–Crippen MR) is 192 cm³/mol. The fourth-order valence-electron chi connectivity index (χ4n) is 5.70. The summed E-state index contributed by atoms with van der Waals surface area (Å²) >= 11 is 0. The smallest absolute Gasteiger partial charge is 0.408 e. The second-order valence-corrected chi connectivity index (χ2v) is 13.4. The van der Waals surface area contributed by atoms with Crippen LogP contribution in [0.15, 0.2) is 79.0 Å². The van der Waals surface area contributed by atoms with Gasteiger partial charge in [-0.25, -0.2) is 4.79 Å². The van der Waals surface area contributed by atoms with Gasteiger partial charge in [0, 0.05) is 50.1 Å². The molecule has 1 aliphatic heterocycles.